The lowest BCUT2D eigenvalue weighted by Crippen LogP contribution is -2.43. The maximum Gasteiger partial charge on any atom is 0.319 e. The van der Waals surface area contributed by atoms with Gasteiger partial charge in [0.1, 0.15) is 0 Å². The van der Waals surface area contributed by atoms with E-state index in [1.807, 2.05) is 20.8 Å². The number of anilines is 1. The standard InChI is InChI=1S/C18H26ClN3O4/c1-18(2,3)22-17(26)21-12-8-9-14(19)13(11-12)16(25)20-10-6-4-5-7-15(23)24/h8-9,11H,4-7,10H2,1-3H3,(H,20,25)(H,23,24)(H2,21,22,26). The molecule has 0 aliphatic heterocycles. The lowest BCUT2D eigenvalue weighted by Gasteiger charge is -2.21. The van der Waals surface area contributed by atoms with Crippen LogP contribution in [0.2, 0.25) is 5.02 Å². The highest BCUT2D eigenvalue weighted by atomic mass is 35.5. The average molecular weight is 384 g/mol. The van der Waals surface area contributed by atoms with E-state index < -0.39 is 5.97 Å². The van der Waals surface area contributed by atoms with Crippen LogP contribution in [-0.4, -0.2) is 35.1 Å². The number of carboxylic acid groups (broad SMARTS) is 1. The van der Waals surface area contributed by atoms with Gasteiger partial charge in [0.2, 0.25) is 0 Å². The van der Waals surface area contributed by atoms with Crippen molar-refractivity contribution in [3.05, 3.63) is 28.8 Å². The quantitative estimate of drug-likeness (QED) is 0.514. The maximum absolute atomic E-state index is 12.3. The second-order valence-corrected chi connectivity index (χ2v) is 7.39. The highest BCUT2D eigenvalue weighted by molar-refractivity contribution is 6.34. The van der Waals surface area contributed by atoms with Crippen molar-refractivity contribution < 1.29 is 19.5 Å². The molecule has 0 unspecified atom stereocenters. The maximum atomic E-state index is 12.3. The zero-order valence-corrected chi connectivity index (χ0v) is 16.1. The second kappa shape index (κ2) is 10.0. The topological polar surface area (TPSA) is 108 Å². The SMILES string of the molecule is CC(C)(C)NC(=O)Nc1ccc(Cl)c(C(=O)NCCCCCC(=O)O)c1. The fourth-order valence-electron chi connectivity index (χ4n) is 2.16. The van der Waals surface area contributed by atoms with E-state index in [0.29, 0.717) is 25.1 Å². The Hall–Kier alpha value is -2.28. The number of rotatable bonds is 8. The van der Waals surface area contributed by atoms with Crippen LogP contribution in [0.4, 0.5) is 10.5 Å². The average Bonchev–Trinajstić information content (AvgIpc) is 2.50. The van der Waals surface area contributed by atoms with Crippen molar-refractivity contribution in [2.45, 2.75) is 52.0 Å². The molecule has 1 aromatic rings. The van der Waals surface area contributed by atoms with Crippen molar-refractivity contribution in [1.82, 2.24) is 10.6 Å². The molecule has 8 heteroatoms. The van der Waals surface area contributed by atoms with Gasteiger partial charge in [0.15, 0.2) is 0 Å². The zero-order valence-electron chi connectivity index (χ0n) is 15.3. The number of carboxylic acids is 1. The van der Waals surface area contributed by atoms with Gasteiger partial charge in [0.05, 0.1) is 10.6 Å². The third-order valence-corrected chi connectivity index (χ3v) is 3.64. The molecule has 0 fully saturated rings. The molecule has 0 spiro atoms. The summed E-state index contributed by atoms with van der Waals surface area (Å²) in [5, 5.41) is 17.0. The van der Waals surface area contributed by atoms with E-state index in [2.05, 4.69) is 16.0 Å². The Kier molecular flexibility index (Phi) is 8.38. The number of carbonyl (C=O) groups excluding carboxylic acids is 2. The van der Waals surface area contributed by atoms with Gasteiger partial charge < -0.3 is 21.1 Å². The number of aliphatic carboxylic acids is 1. The summed E-state index contributed by atoms with van der Waals surface area (Å²) in [6, 6.07) is 4.32. The molecular formula is C18H26ClN3O4. The number of hydrogen-bond donors (Lipinski definition) is 4. The first-order chi connectivity index (χ1) is 12.1. The summed E-state index contributed by atoms with van der Waals surface area (Å²) >= 11 is 6.08. The van der Waals surface area contributed by atoms with Crippen LogP contribution in [0, 0.1) is 0 Å². The van der Waals surface area contributed by atoms with Crippen LogP contribution < -0.4 is 16.0 Å². The number of nitrogens with one attached hydrogen (secondary N) is 3. The van der Waals surface area contributed by atoms with Crippen molar-refractivity contribution in [1.29, 1.82) is 0 Å². The predicted octanol–water partition coefficient (Wildman–Crippen LogP) is 3.63. The molecule has 1 rings (SSSR count). The summed E-state index contributed by atoms with van der Waals surface area (Å²) in [5.74, 6) is -1.16. The van der Waals surface area contributed by atoms with Crippen LogP contribution in [-0.2, 0) is 4.79 Å². The molecule has 0 radical (unpaired) electrons. The van der Waals surface area contributed by atoms with Gasteiger partial charge in [-0.2, -0.15) is 0 Å². The number of hydrogen-bond acceptors (Lipinski definition) is 3. The molecule has 0 saturated heterocycles. The van der Waals surface area contributed by atoms with Gasteiger partial charge in [0, 0.05) is 24.2 Å². The molecule has 0 heterocycles. The Labute approximate surface area is 158 Å². The van der Waals surface area contributed by atoms with E-state index in [0.717, 1.165) is 6.42 Å². The summed E-state index contributed by atoms with van der Waals surface area (Å²) in [4.78, 5) is 34.6. The molecule has 26 heavy (non-hydrogen) atoms. The third-order valence-electron chi connectivity index (χ3n) is 3.31. The van der Waals surface area contributed by atoms with Gasteiger partial charge in [-0.15, -0.1) is 0 Å². The minimum Gasteiger partial charge on any atom is -0.481 e. The monoisotopic (exact) mass is 383 g/mol. The lowest BCUT2D eigenvalue weighted by atomic mass is 10.1. The molecule has 0 aliphatic carbocycles. The molecule has 0 atom stereocenters. The Morgan fingerprint density at radius 1 is 1.12 bits per heavy atom. The molecule has 1 aromatic carbocycles. The number of carbonyl (C=O) groups is 3. The van der Waals surface area contributed by atoms with Crippen molar-refractivity contribution >= 4 is 35.2 Å². The summed E-state index contributed by atoms with van der Waals surface area (Å²) in [6.07, 6.45) is 2.11. The van der Waals surface area contributed by atoms with Gasteiger partial charge >= 0.3 is 12.0 Å². The van der Waals surface area contributed by atoms with Gasteiger partial charge in [-0.25, -0.2) is 4.79 Å². The molecular weight excluding hydrogens is 358 g/mol. The number of unbranched alkanes of at least 4 members (excludes halogenated alkanes) is 2. The Bertz CT molecular complexity index is 656. The van der Waals surface area contributed by atoms with Crippen molar-refractivity contribution in [3.63, 3.8) is 0 Å². The highest BCUT2D eigenvalue weighted by Crippen LogP contribution is 2.21. The highest BCUT2D eigenvalue weighted by Gasteiger charge is 2.15. The Morgan fingerprint density at radius 2 is 1.81 bits per heavy atom. The molecule has 0 saturated carbocycles. The fraction of sp³-hybridized carbons (Fsp3) is 0.500. The molecule has 7 nitrogen and oxygen atoms in total. The van der Waals surface area contributed by atoms with Crippen LogP contribution in [0.25, 0.3) is 0 Å². The molecule has 0 aromatic heterocycles. The normalized spacial score (nSPS) is 10.9. The number of urea groups is 1. The minimum atomic E-state index is -0.819. The van der Waals surface area contributed by atoms with Crippen molar-refractivity contribution in [2.75, 3.05) is 11.9 Å². The fourth-order valence-corrected chi connectivity index (χ4v) is 2.36. The summed E-state index contributed by atoms with van der Waals surface area (Å²) in [5.41, 5.74) is 0.352. The minimum absolute atomic E-state index is 0.129. The largest absolute Gasteiger partial charge is 0.481 e. The molecule has 0 aliphatic rings. The Morgan fingerprint density at radius 3 is 2.42 bits per heavy atom. The zero-order chi connectivity index (χ0) is 19.7. The van der Waals surface area contributed by atoms with Crippen LogP contribution >= 0.6 is 11.6 Å². The van der Waals surface area contributed by atoms with Gasteiger partial charge in [-0.05, 0) is 51.8 Å². The van der Waals surface area contributed by atoms with E-state index in [9.17, 15) is 14.4 Å². The molecule has 0 bridgehead atoms. The number of halogens is 1. The van der Waals surface area contributed by atoms with Crippen molar-refractivity contribution in [3.8, 4) is 0 Å². The van der Waals surface area contributed by atoms with Gasteiger partial charge in [0.25, 0.3) is 5.91 Å². The summed E-state index contributed by atoms with van der Waals surface area (Å²) in [6.45, 7) is 6.02. The molecule has 144 valence electrons. The third kappa shape index (κ3) is 8.71. The summed E-state index contributed by atoms with van der Waals surface area (Å²) in [7, 11) is 0. The molecule has 4 N–H and O–H groups in total. The first kappa shape index (κ1) is 21.8. The van der Waals surface area contributed by atoms with Crippen LogP contribution in [0.5, 0.6) is 0 Å². The lowest BCUT2D eigenvalue weighted by molar-refractivity contribution is -0.137. The molecule has 3 amide bonds. The summed E-state index contributed by atoms with van der Waals surface area (Å²) < 4.78 is 0. The number of amides is 3. The van der Waals surface area contributed by atoms with Crippen molar-refractivity contribution in [2.24, 2.45) is 0 Å². The smallest absolute Gasteiger partial charge is 0.319 e. The van der Waals surface area contributed by atoms with Gasteiger partial charge in [-0.3, -0.25) is 9.59 Å². The van der Waals surface area contributed by atoms with E-state index >= 15 is 0 Å². The first-order valence-corrected chi connectivity index (χ1v) is 8.85. The number of benzene rings is 1. The second-order valence-electron chi connectivity index (χ2n) is 6.98. The van der Waals surface area contributed by atoms with Crippen LogP contribution in [0.3, 0.4) is 0 Å². The van der Waals surface area contributed by atoms with Crippen LogP contribution in [0.15, 0.2) is 18.2 Å². The Balaban J connectivity index is 2.56. The van der Waals surface area contributed by atoms with E-state index in [1.54, 1.807) is 12.1 Å². The van der Waals surface area contributed by atoms with E-state index in [1.165, 1.54) is 6.07 Å². The van der Waals surface area contributed by atoms with E-state index in [-0.39, 0.29) is 34.5 Å². The van der Waals surface area contributed by atoms with Crippen LogP contribution in [0.1, 0.15) is 56.8 Å². The van der Waals surface area contributed by atoms with E-state index in [4.69, 9.17) is 16.7 Å². The predicted molar refractivity (Wildman–Crippen MR) is 102 cm³/mol. The first-order valence-electron chi connectivity index (χ1n) is 8.47. The van der Waals surface area contributed by atoms with Gasteiger partial charge in [-0.1, -0.05) is 18.0 Å².